The minimum atomic E-state index is 0.0805. The number of ketones is 1. The summed E-state index contributed by atoms with van der Waals surface area (Å²) in [5.74, 6) is 1.35. The summed E-state index contributed by atoms with van der Waals surface area (Å²) in [6, 6.07) is 11.6. The average Bonchev–Trinajstić information content (AvgIpc) is 2.61. The summed E-state index contributed by atoms with van der Waals surface area (Å²) < 4.78 is 10.6. The Morgan fingerprint density at radius 3 is 2.60 bits per heavy atom. The summed E-state index contributed by atoms with van der Waals surface area (Å²) >= 11 is 1.59. The molecule has 0 spiro atoms. The summed E-state index contributed by atoms with van der Waals surface area (Å²) in [7, 11) is 3.18. The van der Waals surface area contributed by atoms with E-state index in [4.69, 9.17) is 9.47 Å². The fraction of sp³-hybridized carbons (Fsp3) is 0.188. The molecule has 1 heterocycles. The Morgan fingerprint density at radius 2 is 1.85 bits per heavy atom. The molecule has 0 atom stereocenters. The molecule has 0 saturated carbocycles. The van der Waals surface area contributed by atoms with E-state index in [0.717, 1.165) is 15.4 Å². The maximum absolute atomic E-state index is 12.5. The molecule has 3 nitrogen and oxygen atoms in total. The van der Waals surface area contributed by atoms with Crippen LogP contribution in [0.3, 0.4) is 0 Å². The lowest BCUT2D eigenvalue weighted by Gasteiger charge is -2.12. The number of fused-ring (bicyclic) bond motifs is 2. The van der Waals surface area contributed by atoms with Crippen molar-refractivity contribution in [3.8, 4) is 11.5 Å². The Kier molecular flexibility index (Phi) is 3.40. The van der Waals surface area contributed by atoms with Gasteiger partial charge in [-0.25, -0.2) is 0 Å². The zero-order chi connectivity index (χ0) is 14.1. The van der Waals surface area contributed by atoms with Gasteiger partial charge in [0.25, 0.3) is 0 Å². The number of carbonyl (C=O) groups excluding carboxylic acids is 1. The fourth-order valence-corrected chi connectivity index (χ4v) is 3.48. The van der Waals surface area contributed by atoms with E-state index in [2.05, 4.69) is 0 Å². The Labute approximate surface area is 121 Å². The van der Waals surface area contributed by atoms with Crippen LogP contribution in [0.15, 0.2) is 46.2 Å². The summed E-state index contributed by atoms with van der Waals surface area (Å²) in [6.07, 6.45) is 0.402. The van der Waals surface area contributed by atoms with Gasteiger partial charge >= 0.3 is 0 Å². The fourth-order valence-electron chi connectivity index (χ4n) is 2.33. The van der Waals surface area contributed by atoms with Crippen molar-refractivity contribution in [3.63, 3.8) is 0 Å². The van der Waals surface area contributed by atoms with Crippen LogP contribution >= 0.6 is 11.8 Å². The average molecular weight is 286 g/mol. The summed E-state index contributed by atoms with van der Waals surface area (Å²) in [5.41, 5.74) is 1.70. The summed E-state index contributed by atoms with van der Waals surface area (Å²) in [4.78, 5) is 14.5. The Morgan fingerprint density at radius 1 is 1.05 bits per heavy atom. The first-order valence-electron chi connectivity index (χ1n) is 6.28. The van der Waals surface area contributed by atoms with Crippen molar-refractivity contribution in [1.29, 1.82) is 0 Å². The molecule has 0 saturated heterocycles. The van der Waals surface area contributed by atoms with E-state index in [9.17, 15) is 4.79 Å². The van der Waals surface area contributed by atoms with Crippen LogP contribution in [0.5, 0.6) is 11.5 Å². The molecular weight excluding hydrogens is 272 g/mol. The van der Waals surface area contributed by atoms with Crippen LogP contribution in [0.2, 0.25) is 0 Å². The lowest BCUT2D eigenvalue weighted by molar-refractivity contribution is 0.0987. The zero-order valence-electron chi connectivity index (χ0n) is 11.3. The van der Waals surface area contributed by atoms with Crippen molar-refractivity contribution in [3.05, 3.63) is 47.5 Å². The second-order valence-corrected chi connectivity index (χ2v) is 5.60. The molecule has 102 valence electrons. The maximum atomic E-state index is 12.5. The van der Waals surface area contributed by atoms with Crippen LogP contribution in [0, 0.1) is 0 Å². The van der Waals surface area contributed by atoms with Crippen LogP contribution in [0.1, 0.15) is 15.9 Å². The topological polar surface area (TPSA) is 35.5 Å². The molecule has 2 aromatic rings. The van der Waals surface area contributed by atoms with Crippen molar-refractivity contribution < 1.29 is 14.3 Å². The third kappa shape index (κ3) is 2.16. The highest BCUT2D eigenvalue weighted by Crippen LogP contribution is 2.42. The van der Waals surface area contributed by atoms with E-state index < -0.39 is 0 Å². The van der Waals surface area contributed by atoms with Gasteiger partial charge in [-0.05, 0) is 17.7 Å². The predicted octanol–water partition coefficient (Wildman–Crippen LogP) is 3.59. The van der Waals surface area contributed by atoms with Gasteiger partial charge in [0.15, 0.2) is 5.78 Å². The summed E-state index contributed by atoms with van der Waals surface area (Å²) in [6.45, 7) is 0. The molecule has 0 radical (unpaired) electrons. The van der Waals surface area contributed by atoms with Gasteiger partial charge in [-0.15, -0.1) is 0 Å². The van der Waals surface area contributed by atoms with Gasteiger partial charge < -0.3 is 9.47 Å². The van der Waals surface area contributed by atoms with E-state index in [-0.39, 0.29) is 5.78 Å². The number of methoxy groups -OCH3 is 2. The number of benzene rings is 2. The maximum Gasteiger partial charge on any atom is 0.172 e. The van der Waals surface area contributed by atoms with Crippen molar-refractivity contribution in [2.24, 2.45) is 0 Å². The van der Waals surface area contributed by atoms with E-state index in [1.165, 1.54) is 0 Å². The van der Waals surface area contributed by atoms with Crippen LogP contribution in [-0.2, 0) is 6.42 Å². The molecule has 0 N–H and O–H groups in total. The first-order chi connectivity index (χ1) is 9.72. The van der Waals surface area contributed by atoms with Gasteiger partial charge in [0.1, 0.15) is 11.5 Å². The third-order valence-electron chi connectivity index (χ3n) is 3.32. The normalized spacial score (nSPS) is 13.2. The Bertz CT molecular complexity index is 679. The van der Waals surface area contributed by atoms with Crippen molar-refractivity contribution >= 4 is 17.5 Å². The van der Waals surface area contributed by atoms with Gasteiger partial charge in [-0.2, -0.15) is 0 Å². The van der Waals surface area contributed by atoms with Crippen molar-refractivity contribution in [2.45, 2.75) is 16.2 Å². The number of rotatable bonds is 2. The molecule has 1 aliphatic heterocycles. The quantitative estimate of drug-likeness (QED) is 0.845. The highest BCUT2D eigenvalue weighted by Gasteiger charge is 2.24. The smallest absolute Gasteiger partial charge is 0.172 e. The molecule has 0 unspecified atom stereocenters. The second kappa shape index (κ2) is 5.21. The Balaban J connectivity index is 2.20. The molecule has 0 amide bonds. The highest BCUT2D eigenvalue weighted by molar-refractivity contribution is 7.99. The first-order valence-corrected chi connectivity index (χ1v) is 7.09. The highest BCUT2D eigenvalue weighted by atomic mass is 32.2. The van der Waals surface area contributed by atoms with Crippen LogP contribution in [0.25, 0.3) is 0 Å². The van der Waals surface area contributed by atoms with Crippen molar-refractivity contribution in [2.75, 3.05) is 14.2 Å². The molecule has 2 aromatic carbocycles. The lowest BCUT2D eigenvalue weighted by atomic mass is 10.0. The molecule has 0 bridgehead atoms. The number of ether oxygens (including phenoxy) is 2. The van der Waals surface area contributed by atoms with Gasteiger partial charge in [-0.1, -0.05) is 30.0 Å². The molecular formula is C16H14O3S. The lowest BCUT2D eigenvalue weighted by Crippen LogP contribution is -2.06. The SMILES string of the molecule is COc1cc(OC)c2c(c1)Sc1ccccc1CC2=O. The standard InChI is InChI=1S/C16H14O3S/c1-18-11-8-13(19-2)16-12(17)7-10-5-3-4-6-14(10)20-15(16)9-11/h3-6,8-9H,7H2,1-2H3. The molecule has 20 heavy (non-hydrogen) atoms. The third-order valence-corrected chi connectivity index (χ3v) is 4.48. The van der Waals surface area contributed by atoms with E-state index in [0.29, 0.717) is 23.5 Å². The van der Waals surface area contributed by atoms with Gasteiger partial charge in [0.05, 0.1) is 19.8 Å². The van der Waals surface area contributed by atoms with E-state index in [1.54, 1.807) is 32.0 Å². The van der Waals surface area contributed by atoms with Crippen LogP contribution in [0.4, 0.5) is 0 Å². The zero-order valence-corrected chi connectivity index (χ0v) is 12.1. The van der Waals surface area contributed by atoms with Crippen molar-refractivity contribution in [1.82, 2.24) is 0 Å². The van der Waals surface area contributed by atoms with Gasteiger partial charge in [0.2, 0.25) is 0 Å². The molecule has 4 heteroatoms. The monoisotopic (exact) mass is 286 g/mol. The predicted molar refractivity (Wildman–Crippen MR) is 78.1 cm³/mol. The molecule has 1 aliphatic rings. The first kappa shape index (κ1) is 13.1. The molecule has 3 rings (SSSR count). The number of hydrogen-bond acceptors (Lipinski definition) is 4. The molecule has 0 aliphatic carbocycles. The Hall–Kier alpha value is -1.94. The number of carbonyl (C=O) groups is 1. The van der Waals surface area contributed by atoms with Gasteiger partial charge in [-0.3, -0.25) is 4.79 Å². The van der Waals surface area contributed by atoms with E-state index >= 15 is 0 Å². The van der Waals surface area contributed by atoms with Crippen LogP contribution < -0.4 is 9.47 Å². The summed E-state index contributed by atoms with van der Waals surface area (Å²) in [5, 5.41) is 0. The van der Waals surface area contributed by atoms with Crippen LogP contribution in [-0.4, -0.2) is 20.0 Å². The number of hydrogen-bond donors (Lipinski definition) is 0. The molecule has 0 aromatic heterocycles. The number of Topliss-reactive ketones (excluding diaryl/α,β-unsaturated/α-hetero) is 1. The van der Waals surface area contributed by atoms with E-state index in [1.807, 2.05) is 30.3 Å². The minimum absolute atomic E-state index is 0.0805. The second-order valence-electron chi connectivity index (χ2n) is 4.51. The molecule has 0 fully saturated rings. The van der Waals surface area contributed by atoms with Gasteiger partial charge in [0, 0.05) is 22.3 Å². The minimum Gasteiger partial charge on any atom is -0.497 e. The largest absolute Gasteiger partial charge is 0.497 e.